The van der Waals surface area contributed by atoms with Gasteiger partial charge in [0.2, 0.25) is 10.0 Å². The van der Waals surface area contributed by atoms with Crippen LogP contribution in [-0.2, 0) is 19.5 Å². The second-order valence-corrected chi connectivity index (χ2v) is 7.12. The predicted molar refractivity (Wildman–Crippen MR) is 84.7 cm³/mol. The number of terminal acetylenes is 1. The summed E-state index contributed by atoms with van der Waals surface area (Å²) < 4.78 is 37.4. The molecule has 1 aromatic rings. The summed E-state index contributed by atoms with van der Waals surface area (Å²) >= 11 is 5.97. The maximum atomic E-state index is 12.6. The first-order chi connectivity index (χ1) is 10.9. The van der Waals surface area contributed by atoms with Gasteiger partial charge in [-0.15, -0.1) is 6.42 Å². The molecule has 1 heterocycles. The standard InChI is InChI=1S/C15H16ClNO5S/c1-3-13(11-6-7-22-9-11)17-23(19,20)14-8-10(15(18)21-2)4-5-12(14)16/h1,4-5,8,11,13,17H,6-7,9H2,2H3/t11-,13-/m1/s1. The first kappa shape index (κ1) is 17.8. The third-order valence-corrected chi connectivity index (χ3v) is 5.46. The van der Waals surface area contributed by atoms with Gasteiger partial charge in [0, 0.05) is 12.5 Å². The minimum Gasteiger partial charge on any atom is -0.465 e. The van der Waals surface area contributed by atoms with Crippen LogP contribution in [0.5, 0.6) is 0 Å². The molecule has 0 amide bonds. The van der Waals surface area contributed by atoms with Crippen LogP contribution < -0.4 is 4.72 Å². The van der Waals surface area contributed by atoms with Gasteiger partial charge in [-0.1, -0.05) is 17.5 Å². The highest BCUT2D eigenvalue weighted by atomic mass is 35.5. The van der Waals surface area contributed by atoms with Gasteiger partial charge in [-0.2, -0.15) is 4.72 Å². The normalized spacial score (nSPS) is 19.1. The number of rotatable bonds is 5. The number of esters is 1. The highest BCUT2D eigenvalue weighted by molar-refractivity contribution is 7.89. The second-order valence-electron chi connectivity index (χ2n) is 5.03. The largest absolute Gasteiger partial charge is 0.465 e. The van der Waals surface area contributed by atoms with Gasteiger partial charge in [0.05, 0.1) is 30.3 Å². The summed E-state index contributed by atoms with van der Waals surface area (Å²) in [5.41, 5.74) is 0.0822. The summed E-state index contributed by atoms with van der Waals surface area (Å²) in [6.07, 6.45) is 6.11. The van der Waals surface area contributed by atoms with E-state index in [1.54, 1.807) is 0 Å². The number of nitrogens with one attached hydrogen (secondary N) is 1. The predicted octanol–water partition coefficient (Wildman–Crippen LogP) is 1.44. The lowest BCUT2D eigenvalue weighted by atomic mass is 10.0. The van der Waals surface area contributed by atoms with Gasteiger partial charge in [-0.05, 0) is 24.6 Å². The molecule has 6 nitrogen and oxygen atoms in total. The van der Waals surface area contributed by atoms with Gasteiger partial charge in [0.1, 0.15) is 4.90 Å². The fraction of sp³-hybridized carbons (Fsp3) is 0.400. The number of ether oxygens (including phenoxy) is 2. The van der Waals surface area contributed by atoms with Crippen molar-refractivity contribution in [2.45, 2.75) is 17.4 Å². The number of carbonyl (C=O) groups is 1. The van der Waals surface area contributed by atoms with Crippen LogP contribution in [0.15, 0.2) is 23.1 Å². The molecule has 1 aliphatic heterocycles. The third kappa shape index (κ3) is 4.03. The molecule has 0 spiro atoms. The van der Waals surface area contributed by atoms with E-state index in [1.165, 1.54) is 19.2 Å². The van der Waals surface area contributed by atoms with Crippen LogP contribution in [0.3, 0.4) is 0 Å². The highest BCUT2D eigenvalue weighted by Crippen LogP contribution is 2.25. The molecule has 1 saturated heterocycles. The van der Waals surface area contributed by atoms with Crippen LogP contribution in [0.2, 0.25) is 5.02 Å². The summed E-state index contributed by atoms with van der Waals surface area (Å²) in [7, 11) is -2.79. The van der Waals surface area contributed by atoms with Crippen LogP contribution in [-0.4, -0.2) is 40.8 Å². The molecule has 124 valence electrons. The monoisotopic (exact) mass is 357 g/mol. The van der Waals surface area contributed by atoms with Gasteiger partial charge in [-0.25, -0.2) is 13.2 Å². The van der Waals surface area contributed by atoms with E-state index in [1.807, 2.05) is 0 Å². The second kappa shape index (κ2) is 7.32. The molecule has 8 heteroatoms. The Morgan fingerprint density at radius 2 is 2.30 bits per heavy atom. The van der Waals surface area contributed by atoms with Crippen LogP contribution >= 0.6 is 11.6 Å². The number of halogens is 1. The van der Waals surface area contributed by atoms with E-state index in [4.69, 9.17) is 22.8 Å². The number of carbonyl (C=O) groups excluding carboxylic acids is 1. The topological polar surface area (TPSA) is 81.7 Å². The van der Waals surface area contributed by atoms with Gasteiger partial charge in [0.25, 0.3) is 0 Å². The fourth-order valence-electron chi connectivity index (χ4n) is 2.27. The maximum absolute atomic E-state index is 12.6. The van der Waals surface area contributed by atoms with E-state index in [-0.39, 0.29) is 21.4 Å². The molecule has 0 aromatic heterocycles. The van der Waals surface area contributed by atoms with E-state index in [0.717, 1.165) is 6.07 Å². The summed E-state index contributed by atoms with van der Waals surface area (Å²) in [6, 6.07) is 3.16. The SMILES string of the molecule is C#C[C@@H](NS(=O)(=O)c1cc(C(=O)OC)ccc1Cl)[C@@H]1CCOC1. The minimum absolute atomic E-state index is 0.0106. The zero-order chi connectivity index (χ0) is 17.0. The number of benzene rings is 1. The number of hydrogen-bond donors (Lipinski definition) is 1. The Balaban J connectivity index is 2.31. The van der Waals surface area contributed by atoms with E-state index in [2.05, 4.69) is 15.4 Å². The summed E-state index contributed by atoms with van der Waals surface area (Å²) in [5, 5.41) is -0.0106. The molecular weight excluding hydrogens is 342 g/mol. The first-order valence-electron chi connectivity index (χ1n) is 6.83. The smallest absolute Gasteiger partial charge is 0.337 e. The van der Waals surface area contributed by atoms with Crippen LogP contribution in [0.4, 0.5) is 0 Å². The third-order valence-electron chi connectivity index (χ3n) is 3.54. The Kier molecular flexibility index (Phi) is 5.65. The molecule has 1 N–H and O–H groups in total. The van der Waals surface area contributed by atoms with Crippen molar-refractivity contribution in [1.82, 2.24) is 4.72 Å². The highest BCUT2D eigenvalue weighted by Gasteiger charge is 2.30. The Hall–Kier alpha value is -1.59. The average Bonchev–Trinajstić information content (AvgIpc) is 3.06. The van der Waals surface area contributed by atoms with Gasteiger partial charge in [-0.3, -0.25) is 0 Å². The van der Waals surface area contributed by atoms with Gasteiger partial charge in [0.15, 0.2) is 0 Å². The lowest BCUT2D eigenvalue weighted by molar-refractivity contribution is 0.0600. The zero-order valence-electron chi connectivity index (χ0n) is 12.4. The van der Waals surface area contributed by atoms with Gasteiger partial charge < -0.3 is 9.47 Å². The fourth-order valence-corrected chi connectivity index (χ4v) is 4.02. The number of hydrogen-bond acceptors (Lipinski definition) is 5. The quantitative estimate of drug-likeness (QED) is 0.637. The number of methoxy groups -OCH3 is 1. The van der Waals surface area contributed by atoms with Crippen molar-refractivity contribution in [3.63, 3.8) is 0 Å². The maximum Gasteiger partial charge on any atom is 0.337 e. The summed E-state index contributed by atoms with van der Waals surface area (Å²) in [4.78, 5) is 11.3. The molecule has 0 radical (unpaired) electrons. The van der Waals surface area contributed by atoms with Crippen molar-refractivity contribution >= 4 is 27.6 Å². The van der Waals surface area contributed by atoms with Crippen molar-refractivity contribution in [3.05, 3.63) is 28.8 Å². The molecule has 0 aliphatic carbocycles. The Morgan fingerprint density at radius 3 is 2.87 bits per heavy atom. The molecule has 23 heavy (non-hydrogen) atoms. The lowest BCUT2D eigenvalue weighted by Gasteiger charge is -2.19. The molecule has 2 rings (SSSR count). The van der Waals surface area contributed by atoms with Gasteiger partial charge >= 0.3 is 5.97 Å². The summed E-state index contributed by atoms with van der Waals surface area (Å²) in [6.45, 7) is 0.941. The van der Waals surface area contributed by atoms with Crippen LogP contribution in [0.25, 0.3) is 0 Å². The molecule has 0 bridgehead atoms. The average molecular weight is 358 g/mol. The lowest BCUT2D eigenvalue weighted by Crippen LogP contribution is -2.39. The summed E-state index contributed by atoms with van der Waals surface area (Å²) in [5.74, 6) is 1.68. The van der Waals surface area contributed by atoms with Crippen molar-refractivity contribution in [2.24, 2.45) is 5.92 Å². The van der Waals surface area contributed by atoms with Crippen molar-refractivity contribution in [1.29, 1.82) is 0 Å². The molecular formula is C15H16ClNO5S. The molecule has 0 unspecified atom stereocenters. The Morgan fingerprint density at radius 1 is 1.57 bits per heavy atom. The Labute approximate surface area is 140 Å². The molecule has 1 aromatic carbocycles. The molecule has 2 atom stereocenters. The van der Waals surface area contributed by atoms with Crippen molar-refractivity contribution < 1.29 is 22.7 Å². The minimum atomic E-state index is -3.99. The van der Waals surface area contributed by atoms with Crippen molar-refractivity contribution in [3.8, 4) is 12.3 Å². The first-order valence-corrected chi connectivity index (χ1v) is 8.69. The van der Waals surface area contributed by atoms with E-state index >= 15 is 0 Å². The van der Waals surface area contributed by atoms with Crippen molar-refractivity contribution in [2.75, 3.05) is 20.3 Å². The molecule has 1 fully saturated rings. The van der Waals surface area contributed by atoms with E-state index in [0.29, 0.717) is 19.6 Å². The molecule has 1 aliphatic rings. The van der Waals surface area contributed by atoms with Crippen LogP contribution in [0, 0.1) is 18.3 Å². The van der Waals surface area contributed by atoms with E-state index < -0.39 is 22.0 Å². The zero-order valence-corrected chi connectivity index (χ0v) is 14.0. The number of sulfonamides is 1. The van der Waals surface area contributed by atoms with Crippen LogP contribution in [0.1, 0.15) is 16.8 Å². The Bertz CT molecular complexity index is 735. The molecule has 0 saturated carbocycles. The van der Waals surface area contributed by atoms with E-state index in [9.17, 15) is 13.2 Å².